The number of nitrogens with two attached hydrogens (primary N) is 1. The Hall–Kier alpha value is -4.00. The van der Waals surface area contributed by atoms with Crippen LogP contribution in [-0.2, 0) is 50.7 Å². The number of nitrogens with one attached hydrogen (secondary N) is 2. The minimum absolute atomic E-state index is 0.0198. The molecule has 2 aromatic rings. The Bertz CT molecular complexity index is 2650. The van der Waals surface area contributed by atoms with Gasteiger partial charge in [0.15, 0.2) is 17.7 Å². The second kappa shape index (κ2) is 43.7. The van der Waals surface area contributed by atoms with E-state index in [4.69, 9.17) is 10.5 Å². The molecule has 0 saturated carbocycles. The molecule has 492 valence electrons. The lowest BCUT2D eigenvalue weighted by atomic mass is 9.87. The van der Waals surface area contributed by atoms with E-state index in [1.807, 2.05) is 6.08 Å². The highest BCUT2D eigenvalue weighted by molar-refractivity contribution is 8.14. The number of allylic oxidation sites excluding steroid dienone is 11. The van der Waals surface area contributed by atoms with E-state index in [-0.39, 0.29) is 41.6 Å². The number of phosphoric acid groups is 3. The van der Waals surface area contributed by atoms with Gasteiger partial charge in [-0.15, -0.1) is 0 Å². The number of aliphatic hydroxyl groups is 2. The van der Waals surface area contributed by atoms with Gasteiger partial charge in [-0.25, -0.2) is 19.3 Å². The zero-order valence-electron chi connectivity index (χ0n) is 50.8. The van der Waals surface area contributed by atoms with Gasteiger partial charge in [0.2, 0.25) is 16.9 Å². The molecule has 7 atom stereocenters. The van der Waals surface area contributed by atoms with Crippen LogP contribution in [0.2, 0.25) is 0 Å². The first-order valence-electron chi connectivity index (χ1n) is 30.5. The number of nitrogens with zero attached hydrogens (tertiary/aromatic N) is 4. The molecule has 2 aromatic heterocycles. The fourth-order valence-corrected chi connectivity index (χ4v) is 12.4. The van der Waals surface area contributed by atoms with Gasteiger partial charge in [-0.2, -0.15) is 0 Å². The molecule has 2 unspecified atom stereocenters. The number of thioether (sulfide) groups is 1. The normalized spacial score (nSPS) is 18.8. The highest BCUT2D eigenvalue weighted by Crippen LogP contribution is 2.56. The molecule has 0 aromatic carbocycles. The van der Waals surface area contributed by atoms with Crippen molar-refractivity contribution in [3.8, 4) is 0 Å². The first-order valence-corrected chi connectivity index (χ1v) is 35.8. The van der Waals surface area contributed by atoms with Crippen LogP contribution < -0.4 is 35.9 Å². The summed E-state index contributed by atoms with van der Waals surface area (Å²) in [5.41, 5.74) is 4.10. The minimum atomic E-state index is -5.93. The fourth-order valence-electron chi connectivity index (χ4n) is 9.03. The van der Waals surface area contributed by atoms with Gasteiger partial charge in [0, 0.05) is 30.7 Å². The number of ether oxygens (including phenoxy) is 1. The number of rotatable bonds is 49. The summed E-state index contributed by atoms with van der Waals surface area (Å²) in [6.07, 6.45) is 47.4. The number of amides is 2. The zero-order chi connectivity index (χ0) is 63.8. The summed E-state index contributed by atoms with van der Waals surface area (Å²) >= 11 is 1.06. The van der Waals surface area contributed by atoms with Crippen molar-refractivity contribution in [1.29, 1.82) is 0 Å². The van der Waals surface area contributed by atoms with Gasteiger partial charge < -0.3 is 69.0 Å². The van der Waals surface area contributed by atoms with Crippen LogP contribution >= 0.6 is 35.2 Å². The van der Waals surface area contributed by atoms with Crippen molar-refractivity contribution in [2.45, 2.75) is 212 Å². The largest absolute Gasteiger partial charge is 0.790 e. The summed E-state index contributed by atoms with van der Waals surface area (Å²) in [5.74, 6) is -1.21. The van der Waals surface area contributed by atoms with Crippen LogP contribution in [0.5, 0.6) is 0 Å². The van der Waals surface area contributed by atoms with E-state index >= 15 is 0 Å². The number of hydrogen-bond donors (Lipinski definition) is 5. The summed E-state index contributed by atoms with van der Waals surface area (Å²) in [6, 6.07) is 0. The standard InChI is InChI=1S/C59H98N7O17P3S/c1-4-5-6-7-8-9-10-11-12-13-14-15-16-17-18-19-20-21-22-23-24-25-26-27-28-29-30-31-32-33-34-35-36-37-38-39-50(68)87-43-42-61-49(67)40-41-62-57(71)54(70)59(2,3)45-80-86(77,78)83-85(75,76)79-44-48-53(82-84(72,73)74)52(69)58(81-48)66-47-65-51-55(60)63-46-64-56(51)66/h5-6,8-9,11-12,14-15,17-18,38-39,46-48,52-54,58,69-70H,4,7,10,13,16,19-37,40-45H2,1-3H3,(H,61,67)(H,62,71)(H,75,76)(H,77,78)(H2,60,63,64)(H2,72,73,74)/p-4/b6-5-,9-8-,12-11-,15-14-,18-17-,39-38+/t48-,52-,53-,54+,58-/m1/s1. The number of hydrogen-bond acceptors (Lipinski definition) is 22. The lowest BCUT2D eigenvalue weighted by molar-refractivity contribution is -0.347. The fraction of sp³-hybridized carbons (Fsp3) is 0.661. The van der Waals surface area contributed by atoms with Crippen molar-refractivity contribution in [2.75, 3.05) is 37.8 Å². The van der Waals surface area contributed by atoms with E-state index < -0.39 is 84.6 Å². The van der Waals surface area contributed by atoms with Crippen LogP contribution in [0.1, 0.15) is 188 Å². The maximum atomic E-state index is 12.7. The number of anilines is 1. The Morgan fingerprint density at radius 1 is 0.724 bits per heavy atom. The first-order chi connectivity index (χ1) is 41.6. The van der Waals surface area contributed by atoms with E-state index in [1.54, 1.807) is 6.08 Å². The lowest BCUT2D eigenvalue weighted by Gasteiger charge is -2.36. The molecule has 3 heterocycles. The van der Waals surface area contributed by atoms with Gasteiger partial charge in [0.25, 0.3) is 15.6 Å². The summed E-state index contributed by atoms with van der Waals surface area (Å²) in [5, 5.41) is 26.4. The molecule has 28 heteroatoms. The minimum Gasteiger partial charge on any atom is -0.790 e. The number of aromatic nitrogens is 4. The molecule has 0 aliphatic carbocycles. The van der Waals surface area contributed by atoms with Crippen molar-refractivity contribution in [3.63, 3.8) is 0 Å². The van der Waals surface area contributed by atoms with Crippen LogP contribution in [0.15, 0.2) is 85.6 Å². The van der Waals surface area contributed by atoms with Crippen LogP contribution in [0.25, 0.3) is 11.2 Å². The molecule has 0 radical (unpaired) electrons. The molecule has 6 N–H and O–H groups in total. The number of fused-ring (bicyclic) bond motifs is 1. The van der Waals surface area contributed by atoms with Gasteiger partial charge in [0.1, 0.15) is 36.3 Å². The van der Waals surface area contributed by atoms with E-state index in [1.165, 1.54) is 117 Å². The Kier molecular flexibility index (Phi) is 38.8. The average molecular weight is 1300 g/mol. The summed E-state index contributed by atoms with van der Waals surface area (Å²) in [7, 11) is -17.6. The van der Waals surface area contributed by atoms with Crippen molar-refractivity contribution in [3.05, 3.63) is 85.6 Å². The smallest absolute Gasteiger partial charge is 0.274 e. The second-order valence-corrected chi connectivity index (χ2v) is 27.0. The summed E-state index contributed by atoms with van der Waals surface area (Å²) in [6.45, 7) is 2.27. The number of imidazole rings is 1. The zero-order valence-corrected chi connectivity index (χ0v) is 54.3. The van der Waals surface area contributed by atoms with Crippen LogP contribution in [0, 0.1) is 5.41 Å². The molecule has 3 rings (SSSR count). The predicted octanol–water partition coefficient (Wildman–Crippen LogP) is 8.86. The summed E-state index contributed by atoms with van der Waals surface area (Å²) in [4.78, 5) is 97.3. The number of unbranched alkanes of at least 4 members (excludes halogenated alkanes) is 18. The molecular weight excluding hydrogens is 1200 g/mol. The third-order valence-corrected chi connectivity index (χ3v) is 17.7. The third kappa shape index (κ3) is 34.7. The first kappa shape index (κ1) is 77.2. The third-order valence-electron chi connectivity index (χ3n) is 13.9. The number of phosphoric ester groups is 3. The number of nitrogen functional groups attached to an aromatic ring is 1. The van der Waals surface area contributed by atoms with Crippen molar-refractivity contribution < 1.29 is 80.5 Å². The van der Waals surface area contributed by atoms with Gasteiger partial charge >= 0.3 is 0 Å². The molecule has 0 spiro atoms. The maximum absolute atomic E-state index is 12.7. The number of carbonyl (C=O) groups is 3. The van der Waals surface area contributed by atoms with Crippen LogP contribution in [-0.4, -0.2) is 103 Å². The van der Waals surface area contributed by atoms with Crippen molar-refractivity contribution in [1.82, 2.24) is 30.2 Å². The van der Waals surface area contributed by atoms with Gasteiger partial charge in [-0.1, -0.05) is 196 Å². The maximum Gasteiger partial charge on any atom is 0.274 e. The molecule has 0 bridgehead atoms. The van der Waals surface area contributed by atoms with Gasteiger partial charge in [-0.05, 0) is 63.9 Å². The Balaban J connectivity index is 1.13. The highest BCUT2D eigenvalue weighted by Gasteiger charge is 2.47. The number of aliphatic hydroxyl groups excluding tert-OH is 2. The topological polar surface area (TPSA) is 375 Å². The van der Waals surface area contributed by atoms with Crippen molar-refractivity contribution >= 4 is 69.1 Å². The molecule has 1 fully saturated rings. The summed E-state index contributed by atoms with van der Waals surface area (Å²) < 4.78 is 61.0. The second-order valence-electron chi connectivity index (χ2n) is 21.8. The molecule has 1 saturated heterocycles. The highest BCUT2D eigenvalue weighted by atomic mass is 32.2. The van der Waals surface area contributed by atoms with E-state index in [0.29, 0.717) is 5.75 Å². The molecule has 2 amide bonds. The SMILES string of the molecule is CC/C=C\C/C=C\C/C=C\C/C=C\C/C=C\CCCCCCCCCCCCCCCCCCC/C=C/C(=O)SCCNC(=O)CCNC(=O)[C@H](O)C(C)(C)COP(=O)([O-])OP(=O)([O-])OC[C@H]1O[C@@H](n2cnc3c(N)ncnc32)[C@H](O)[C@@H]1OP(=O)([O-])[O-]. The molecule has 1 aliphatic rings. The van der Waals surface area contributed by atoms with E-state index in [2.05, 4.69) is 111 Å². The molecule has 24 nitrogen and oxygen atoms in total. The van der Waals surface area contributed by atoms with Gasteiger partial charge in [-0.3, -0.25) is 28.1 Å². The molecule has 1 aliphatic heterocycles. The predicted molar refractivity (Wildman–Crippen MR) is 330 cm³/mol. The van der Waals surface area contributed by atoms with Crippen LogP contribution in [0.3, 0.4) is 0 Å². The van der Waals surface area contributed by atoms with Crippen molar-refractivity contribution in [2.24, 2.45) is 5.41 Å². The monoisotopic (exact) mass is 1300 g/mol. The Morgan fingerprint density at radius 2 is 1.23 bits per heavy atom. The Morgan fingerprint density at radius 3 is 1.77 bits per heavy atom. The van der Waals surface area contributed by atoms with E-state index in [9.17, 15) is 57.9 Å². The quantitative estimate of drug-likeness (QED) is 0.0179. The average Bonchev–Trinajstić information content (AvgIpc) is 1.70. The molecule has 87 heavy (non-hydrogen) atoms. The number of carbonyl (C=O) groups excluding carboxylic acids is 3. The molecular formula is C59H94N7O17P3S-4. The van der Waals surface area contributed by atoms with Crippen LogP contribution in [0.4, 0.5) is 5.82 Å². The van der Waals surface area contributed by atoms with Gasteiger partial charge in [0.05, 0.1) is 27.4 Å². The Labute approximate surface area is 518 Å². The van der Waals surface area contributed by atoms with E-state index in [0.717, 1.165) is 80.4 Å². The lowest BCUT2D eigenvalue weighted by Crippen LogP contribution is -2.46.